The molecule has 2 aromatic rings. The van der Waals surface area contributed by atoms with Gasteiger partial charge in [0.1, 0.15) is 11.6 Å². The van der Waals surface area contributed by atoms with E-state index < -0.39 is 0 Å². The van der Waals surface area contributed by atoms with Crippen LogP contribution in [0.1, 0.15) is 35.6 Å². The number of benzene rings is 1. The zero-order valence-electron chi connectivity index (χ0n) is 10.5. The number of hydrogen-bond donors (Lipinski definition) is 1. The summed E-state index contributed by atoms with van der Waals surface area (Å²) in [6, 6.07) is 6.57. The van der Waals surface area contributed by atoms with E-state index in [1.54, 1.807) is 18.3 Å². The first kappa shape index (κ1) is 12.6. The summed E-state index contributed by atoms with van der Waals surface area (Å²) in [6.07, 6.45) is 2.12. The molecule has 2 N–H and O–H groups in total. The van der Waals surface area contributed by atoms with E-state index in [2.05, 4.69) is 9.97 Å². The Morgan fingerprint density at radius 3 is 2.67 bits per heavy atom. The van der Waals surface area contributed by atoms with Crippen LogP contribution in [0.15, 0.2) is 30.5 Å². The second-order valence-electron chi connectivity index (χ2n) is 4.38. The molecule has 0 aliphatic carbocycles. The molecule has 0 fully saturated rings. The molecule has 94 valence electrons. The molecule has 3 nitrogen and oxygen atoms in total. The number of hydrogen-bond acceptors (Lipinski definition) is 3. The lowest BCUT2D eigenvalue weighted by molar-refractivity contribution is 0.611. The summed E-state index contributed by atoms with van der Waals surface area (Å²) < 4.78 is 13.5. The second-order valence-corrected chi connectivity index (χ2v) is 4.38. The van der Waals surface area contributed by atoms with Crippen LogP contribution in [0.4, 0.5) is 4.39 Å². The molecule has 1 heterocycles. The van der Waals surface area contributed by atoms with Gasteiger partial charge in [0.25, 0.3) is 0 Å². The third-order valence-corrected chi connectivity index (χ3v) is 2.86. The SMILES string of the molecule is Cc1nc(Cc2ccccc2F)ncc1[C@H](C)N. The summed E-state index contributed by atoms with van der Waals surface area (Å²) >= 11 is 0. The highest BCUT2D eigenvalue weighted by Crippen LogP contribution is 2.14. The predicted octanol–water partition coefficient (Wildman–Crippen LogP) is 2.53. The van der Waals surface area contributed by atoms with Crippen molar-refractivity contribution in [2.75, 3.05) is 0 Å². The molecular formula is C14H16FN3. The smallest absolute Gasteiger partial charge is 0.133 e. The van der Waals surface area contributed by atoms with Gasteiger partial charge in [-0.2, -0.15) is 0 Å². The third-order valence-electron chi connectivity index (χ3n) is 2.86. The van der Waals surface area contributed by atoms with Crippen molar-refractivity contribution in [2.45, 2.75) is 26.3 Å². The first-order chi connectivity index (χ1) is 8.58. The fraction of sp³-hybridized carbons (Fsp3) is 0.286. The molecule has 0 saturated carbocycles. The summed E-state index contributed by atoms with van der Waals surface area (Å²) in [5.41, 5.74) is 8.18. The van der Waals surface area contributed by atoms with E-state index in [0.717, 1.165) is 11.3 Å². The Labute approximate surface area is 106 Å². The van der Waals surface area contributed by atoms with Crippen LogP contribution < -0.4 is 5.73 Å². The van der Waals surface area contributed by atoms with Gasteiger partial charge in [-0.3, -0.25) is 0 Å². The largest absolute Gasteiger partial charge is 0.324 e. The monoisotopic (exact) mass is 245 g/mol. The Bertz CT molecular complexity index is 552. The van der Waals surface area contributed by atoms with Crippen LogP contribution in [-0.4, -0.2) is 9.97 Å². The Balaban J connectivity index is 2.26. The Hall–Kier alpha value is -1.81. The average Bonchev–Trinajstić information content (AvgIpc) is 2.32. The van der Waals surface area contributed by atoms with E-state index in [4.69, 9.17) is 5.73 Å². The van der Waals surface area contributed by atoms with Gasteiger partial charge in [-0.15, -0.1) is 0 Å². The van der Waals surface area contributed by atoms with Gasteiger partial charge in [-0.1, -0.05) is 18.2 Å². The van der Waals surface area contributed by atoms with E-state index in [1.807, 2.05) is 19.9 Å². The lowest BCUT2D eigenvalue weighted by atomic mass is 10.1. The molecule has 18 heavy (non-hydrogen) atoms. The van der Waals surface area contributed by atoms with Crippen molar-refractivity contribution in [3.05, 3.63) is 58.9 Å². The van der Waals surface area contributed by atoms with Crippen LogP contribution in [0.25, 0.3) is 0 Å². The minimum Gasteiger partial charge on any atom is -0.324 e. The maximum atomic E-state index is 13.5. The predicted molar refractivity (Wildman–Crippen MR) is 68.6 cm³/mol. The minimum absolute atomic E-state index is 0.0903. The standard InChI is InChI=1S/C14H16FN3/c1-9(16)12-8-17-14(18-10(12)2)7-11-5-3-4-6-13(11)15/h3-6,8-9H,7,16H2,1-2H3/t9-/m0/s1. The van der Waals surface area contributed by atoms with Gasteiger partial charge in [-0.25, -0.2) is 14.4 Å². The number of rotatable bonds is 3. The van der Waals surface area contributed by atoms with E-state index in [1.165, 1.54) is 6.07 Å². The second kappa shape index (κ2) is 5.23. The maximum absolute atomic E-state index is 13.5. The molecule has 0 saturated heterocycles. The zero-order valence-corrected chi connectivity index (χ0v) is 10.5. The Kier molecular flexibility index (Phi) is 3.67. The highest BCUT2D eigenvalue weighted by atomic mass is 19.1. The lowest BCUT2D eigenvalue weighted by Crippen LogP contribution is -2.10. The number of nitrogens with two attached hydrogens (primary N) is 1. The summed E-state index contributed by atoms with van der Waals surface area (Å²) in [6.45, 7) is 3.79. The average molecular weight is 245 g/mol. The number of nitrogens with zero attached hydrogens (tertiary/aromatic N) is 2. The topological polar surface area (TPSA) is 51.8 Å². The van der Waals surface area contributed by atoms with Gasteiger partial charge in [-0.05, 0) is 25.5 Å². The normalized spacial score (nSPS) is 12.4. The number of halogens is 1. The van der Waals surface area contributed by atoms with Crippen LogP contribution in [0.2, 0.25) is 0 Å². The first-order valence-corrected chi connectivity index (χ1v) is 5.89. The molecule has 0 spiro atoms. The van der Waals surface area contributed by atoms with Crippen LogP contribution in [-0.2, 0) is 6.42 Å². The Morgan fingerprint density at radius 1 is 1.33 bits per heavy atom. The van der Waals surface area contributed by atoms with Crippen molar-refractivity contribution < 1.29 is 4.39 Å². The van der Waals surface area contributed by atoms with Crippen molar-refractivity contribution in [1.82, 2.24) is 9.97 Å². The molecule has 1 aromatic carbocycles. The van der Waals surface area contributed by atoms with Gasteiger partial charge in [0.05, 0.1) is 0 Å². The van der Waals surface area contributed by atoms with E-state index >= 15 is 0 Å². The van der Waals surface area contributed by atoms with Gasteiger partial charge < -0.3 is 5.73 Å². The van der Waals surface area contributed by atoms with E-state index in [-0.39, 0.29) is 11.9 Å². The van der Waals surface area contributed by atoms with Crippen molar-refractivity contribution >= 4 is 0 Å². The third kappa shape index (κ3) is 2.71. The summed E-state index contributed by atoms with van der Waals surface area (Å²) in [7, 11) is 0. The quantitative estimate of drug-likeness (QED) is 0.904. The van der Waals surface area contributed by atoms with Gasteiger partial charge in [0, 0.05) is 29.9 Å². The van der Waals surface area contributed by atoms with Crippen molar-refractivity contribution in [1.29, 1.82) is 0 Å². The molecule has 0 amide bonds. The molecule has 1 aromatic heterocycles. The molecule has 0 radical (unpaired) electrons. The molecule has 0 aliphatic heterocycles. The van der Waals surface area contributed by atoms with Gasteiger partial charge >= 0.3 is 0 Å². The van der Waals surface area contributed by atoms with Crippen LogP contribution in [0.5, 0.6) is 0 Å². The highest BCUT2D eigenvalue weighted by molar-refractivity contribution is 5.24. The first-order valence-electron chi connectivity index (χ1n) is 5.89. The molecular weight excluding hydrogens is 229 g/mol. The van der Waals surface area contributed by atoms with Crippen LogP contribution in [0, 0.1) is 12.7 Å². The van der Waals surface area contributed by atoms with E-state index in [9.17, 15) is 4.39 Å². The van der Waals surface area contributed by atoms with Crippen molar-refractivity contribution in [3.8, 4) is 0 Å². The fourth-order valence-corrected chi connectivity index (χ4v) is 1.87. The maximum Gasteiger partial charge on any atom is 0.133 e. The molecule has 4 heteroatoms. The molecule has 2 rings (SSSR count). The summed E-state index contributed by atoms with van der Waals surface area (Å²) in [5.74, 6) is 0.386. The van der Waals surface area contributed by atoms with Gasteiger partial charge in [0.15, 0.2) is 0 Å². The molecule has 0 unspecified atom stereocenters. The lowest BCUT2D eigenvalue weighted by Gasteiger charge is -2.10. The highest BCUT2D eigenvalue weighted by Gasteiger charge is 2.09. The van der Waals surface area contributed by atoms with Crippen molar-refractivity contribution in [2.24, 2.45) is 5.73 Å². The molecule has 0 bridgehead atoms. The molecule has 0 aliphatic rings. The zero-order chi connectivity index (χ0) is 13.1. The van der Waals surface area contributed by atoms with Crippen molar-refractivity contribution in [3.63, 3.8) is 0 Å². The van der Waals surface area contributed by atoms with Crippen LogP contribution >= 0.6 is 0 Å². The summed E-state index contributed by atoms with van der Waals surface area (Å²) in [4.78, 5) is 8.61. The Morgan fingerprint density at radius 2 is 2.06 bits per heavy atom. The summed E-state index contributed by atoms with van der Waals surface area (Å²) in [5, 5.41) is 0. The number of aryl methyl sites for hydroxylation is 1. The fourth-order valence-electron chi connectivity index (χ4n) is 1.87. The van der Waals surface area contributed by atoms with E-state index in [0.29, 0.717) is 17.8 Å². The number of aromatic nitrogens is 2. The van der Waals surface area contributed by atoms with Gasteiger partial charge in [0.2, 0.25) is 0 Å². The van der Waals surface area contributed by atoms with Crippen LogP contribution in [0.3, 0.4) is 0 Å². The molecule has 1 atom stereocenters. The minimum atomic E-state index is -0.227.